The van der Waals surface area contributed by atoms with E-state index in [4.69, 9.17) is 10.7 Å². The Balaban J connectivity index is 1.27. The molecule has 7 nitrogen and oxygen atoms in total. The first-order valence-electron chi connectivity index (χ1n) is 11.3. The molecule has 4 heterocycles. The van der Waals surface area contributed by atoms with E-state index in [0.29, 0.717) is 18.0 Å². The number of allylic oxidation sites excluding steroid dienone is 1. The predicted molar refractivity (Wildman–Crippen MR) is 128 cm³/mol. The second-order valence-electron chi connectivity index (χ2n) is 8.71. The van der Waals surface area contributed by atoms with Gasteiger partial charge in [-0.1, -0.05) is 12.8 Å². The van der Waals surface area contributed by atoms with Crippen molar-refractivity contribution in [3.8, 4) is 0 Å². The standard InChI is InChI=1S/C23H31N7S/c1-16-22(31-15-30(16)18-4-2-3-5-18)20-8-11-25-23(27-20)28-21-7-6-19(14-26-21)29-12-9-17(24)10-13-29/h6-8,11,14,17-18H,2-5,9-10,12-13,15,24H2,1H3,(H,25,26,27,28). The van der Waals surface area contributed by atoms with Gasteiger partial charge in [-0.25, -0.2) is 15.0 Å². The van der Waals surface area contributed by atoms with Gasteiger partial charge in [0.15, 0.2) is 0 Å². The Morgan fingerprint density at radius 2 is 1.87 bits per heavy atom. The van der Waals surface area contributed by atoms with E-state index in [9.17, 15) is 0 Å². The molecule has 31 heavy (non-hydrogen) atoms. The van der Waals surface area contributed by atoms with Gasteiger partial charge in [0.2, 0.25) is 5.95 Å². The molecule has 0 atom stereocenters. The van der Waals surface area contributed by atoms with Crippen LogP contribution in [0.25, 0.3) is 4.91 Å². The topological polar surface area (TPSA) is 83.2 Å². The van der Waals surface area contributed by atoms with E-state index in [2.05, 4.69) is 38.1 Å². The Morgan fingerprint density at radius 1 is 1.06 bits per heavy atom. The van der Waals surface area contributed by atoms with Crippen molar-refractivity contribution in [1.82, 2.24) is 19.9 Å². The van der Waals surface area contributed by atoms with Crippen LogP contribution in [0.1, 0.15) is 51.1 Å². The molecule has 1 saturated carbocycles. The number of nitrogens with zero attached hydrogens (tertiary/aromatic N) is 5. The van der Waals surface area contributed by atoms with Crippen LogP contribution in [0.3, 0.4) is 0 Å². The Labute approximate surface area is 188 Å². The van der Waals surface area contributed by atoms with Crippen molar-refractivity contribution in [2.75, 3.05) is 29.2 Å². The van der Waals surface area contributed by atoms with Gasteiger partial charge in [-0.3, -0.25) is 0 Å². The zero-order chi connectivity index (χ0) is 21.2. The zero-order valence-corrected chi connectivity index (χ0v) is 18.9. The molecule has 2 aromatic heterocycles. The molecule has 5 rings (SSSR count). The number of aromatic nitrogens is 3. The molecular formula is C23H31N7S. The highest BCUT2D eigenvalue weighted by atomic mass is 32.2. The molecule has 3 N–H and O–H groups in total. The number of anilines is 3. The van der Waals surface area contributed by atoms with E-state index in [1.165, 1.54) is 36.3 Å². The molecule has 1 aliphatic carbocycles. The highest BCUT2D eigenvalue weighted by Crippen LogP contribution is 2.42. The van der Waals surface area contributed by atoms with E-state index < -0.39 is 0 Å². The maximum atomic E-state index is 6.02. The Hall–Kier alpha value is -2.32. The van der Waals surface area contributed by atoms with Crippen molar-refractivity contribution >= 4 is 34.1 Å². The first-order valence-corrected chi connectivity index (χ1v) is 12.3. The molecule has 3 aliphatic rings. The van der Waals surface area contributed by atoms with Crippen molar-refractivity contribution in [2.45, 2.75) is 57.5 Å². The molecule has 0 unspecified atom stereocenters. The lowest BCUT2D eigenvalue weighted by molar-refractivity contribution is 0.303. The lowest BCUT2D eigenvalue weighted by Crippen LogP contribution is -2.39. The summed E-state index contributed by atoms with van der Waals surface area (Å²) in [6.45, 7) is 4.21. The molecule has 0 spiro atoms. The largest absolute Gasteiger partial charge is 0.370 e. The average molecular weight is 438 g/mol. The third-order valence-electron chi connectivity index (χ3n) is 6.65. The minimum atomic E-state index is 0.330. The number of nitrogens with one attached hydrogen (secondary N) is 1. The van der Waals surface area contributed by atoms with Crippen LogP contribution >= 0.6 is 11.8 Å². The lowest BCUT2D eigenvalue weighted by atomic mass is 10.1. The highest BCUT2D eigenvalue weighted by molar-refractivity contribution is 8.08. The summed E-state index contributed by atoms with van der Waals surface area (Å²) < 4.78 is 0. The van der Waals surface area contributed by atoms with Crippen LogP contribution in [-0.2, 0) is 0 Å². The van der Waals surface area contributed by atoms with Crippen molar-refractivity contribution in [3.63, 3.8) is 0 Å². The quantitative estimate of drug-likeness (QED) is 0.721. The average Bonchev–Trinajstić information content (AvgIpc) is 3.45. The van der Waals surface area contributed by atoms with Crippen molar-refractivity contribution in [2.24, 2.45) is 5.73 Å². The van der Waals surface area contributed by atoms with Crippen LogP contribution in [0.4, 0.5) is 17.5 Å². The van der Waals surface area contributed by atoms with Crippen LogP contribution < -0.4 is 16.0 Å². The molecule has 0 amide bonds. The maximum Gasteiger partial charge on any atom is 0.228 e. The number of pyridine rings is 1. The summed E-state index contributed by atoms with van der Waals surface area (Å²) in [5.74, 6) is 2.37. The number of thioether (sulfide) groups is 1. The third kappa shape index (κ3) is 4.50. The maximum absolute atomic E-state index is 6.02. The van der Waals surface area contributed by atoms with Crippen molar-refractivity contribution in [3.05, 3.63) is 42.0 Å². The molecular weight excluding hydrogens is 406 g/mol. The molecule has 2 aliphatic heterocycles. The van der Waals surface area contributed by atoms with Crippen molar-refractivity contribution < 1.29 is 0 Å². The van der Waals surface area contributed by atoms with E-state index >= 15 is 0 Å². The van der Waals surface area contributed by atoms with Gasteiger partial charge < -0.3 is 20.9 Å². The zero-order valence-electron chi connectivity index (χ0n) is 18.1. The van der Waals surface area contributed by atoms with Crippen LogP contribution in [0, 0.1) is 0 Å². The number of piperidine rings is 1. The van der Waals surface area contributed by atoms with Crippen molar-refractivity contribution in [1.29, 1.82) is 0 Å². The summed E-state index contributed by atoms with van der Waals surface area (Å²) in [7, 11) is 0. The smallest absolute Gasteiger partial charge is 0.228 e. The number of hydrogen-bond acceptors (Lipinski definition) is 8. The third-order valence-corrected chi connectivity index (χ3v) is 7.85. The lowest BCUT2D eigenvalue weighted by Gasteiger charge is -2.31. The fourth-order valence-electron chi connectivity index (χ4n) is 4.78. The molecule has 0 aromatic carbocycles. The predicted octanol–water partition coefficient (Wildman–Crippen LogP) is 4.18. The summed E-state index contributed by atoms with van der Waals surface area (Å²) in [5.41, 5.74) is 9.50. The molecule has 164 valence electrons. The van der Waals surface area contributed by atoms with E-state index in [1.54, 1.807) is 0 Å². The minimum absolute atomic E-state index is 0.330. The van der Waals surface area contributed by atoms with Crippen LogP contribution in [-0.4, -0.2) is 50.9 Å². The Bertz CT molecular complexity index is 931. The number of hydrogen-bond donors (Lipinski definition) is 2. The first kappa shape index (κ1) is 20.6. The summed E-state index contributed by atoms with van der Waals surface area (Å²) in [5, 5.41) is 3.27. The van der Waals surface area contributed by atoms with Gasteiger partial charge in [-0.15, -0.1) is 11.8 Å². The van der Waals surface area contributed by atoms with Gasteiger partial charge in [0.25, 0.3) is 0 Å². The van der Waals surface area contributed by atoms with Gasteiger partial charge >= 0.3 is 0 Å². The minimum Gasteiger partial charge on any atom is -0.370 e. The second kappa shape index (κ2) is 9.04. The van der Waals surface area contributed by atoms with Crippen LogP contribution in [0.5, 0.6) is 0 Å². The SMILES string of the molecule is CC1=C(c2ccnc(Nc3ccc(N4CCC(N)CC4)cn3)n2)SCN1C1CCCC1. The highest BCUT2D eigenvalue weighted by Gasteiger charge is 2.29. The normalized spacial score (nSPS) is 20.7. The summed E-state index contributed by atoms with van der Waals surface area (Å²) in [6.07, 6.45) is 11.1. The van der Waals surface area contributed by atoms with Gasteiger partial charge in [-0.2, -0.15) is 0 Å². The number of rotatable bonds is 5. The molecule has 1 saturated heterocycles. The molecule has 2 fully saturated rings. The summed E-state index contributed by atoms with van der Waals surface area (Å²) >= 11 is 1.89. The summed E-state index contributed by atoms with van der Waals surface area (Å²) in [6, 6.07) is 7.14. The van der Waals surface area contributed by atoms with Gasteiger partial charge in [0, 0.05) is 37.1 Å². The van der Waals surface area contributed by atoms with E-state index in [0.717, 1.165) is 49.0 Å². The molecule has 8 heteroatoms. The van der Waals surface area contributed by atoms with E-state index in [1.807, 2.05) is 36.3 Å². The van der Waals surface area contributed by atoms with Gasteiger partial charge in [0.1, 0.15) is 5.82 Å². The van der Waals surface area contributed by atoms with Crippen LogP contribution in [0.2, 0.25) is 0 Å². The van der Waals surface area contributed by atoms with Gasteiger partial charge in [0.05, 0.1) is 28.4 Å². The number of nitrogens with two attached hydrogens (primary N) is 1. The van der Waals surface area contributed by atoms with Gasteiger partial charge in [-0.05, 0) is 50.8 Å². The monoisotopic (exact) mass is 437 g/mol. The van der Waals surface area contributed by atoms with E-state index in [-0.39, 0.29) is 0 Å². The molecule has 2 aromatic rings. The fourth-order valence-corrected chi connectivity index (χ4v) is 6.05. The Morgan fingerprint density at radius 3 is 2.61 bits per heavy atom. The first-order chi connectivity index (χ1) is 15.2. The fraction of sp³-hybridized carbons (Fsp3) is 0.522. The second-order valence-corrected chi connectivity index (χ2v) is 9.67. The molecule has 0 bridgehead atoms. The molecule has 0 radical (unpaired) electrons. The summed E-state index contributed by atoms with van der Waals surface area (Å²) in [4.78, 5) is 20.0. The van der Waals surface area contributed by atoms with Crippen LogP contribution in [0.15, 0.2) is 36.3 Å². The Kier molecular flexibility index (Phi) is 6.00.